The second-order valence-electron chi connectivity index (χ2n) is 6.71. The number of sulfone groups is 1. The Hall–Kier alpha value is -0.870. The maximum Gasteiger partial charge on any atom is 0.183 e. The van der Waals surface area contributed by atoms with Crippen molar-refractivity contribution in [2.45, 2.75) is 68.1 Å². The summed E-state index contributed by atoms with van der Waals surface area (Å²) in [6.07, 6.45) is 2.21. The molecule has 0 bridgehead atoms. The van der Waals surface area contributed by atoms with Gasteiger partial charge in [0.1, 0.15) is 0 Å². The van der Waals surface area contributed by atoms with E-state index < -0.39 is 21.2 Å². The summed E-state index contributed by atoms with van der Waals surface area (Å²) in [5.41, 5.74) is 1.12. The fraction of sp³-hybridized carbons (Fsp3) is 0.625. The maximum absolute atomic E-state index is 12.6. The second-order valence-corrected chi connectivity index (χ2v) is 8.88. The van der Waals surface area contributed by atoms with Crippen LogP contribution >= 0.6 is 0 Å². The number of benzene rings is 1. The molecule has 2 unspecified atom stereocenters. The van der Waals surface area contributed by atoms with E-state index in [2.05, 4.69) is 20.8 Å². The molecular weight excluding hydrogens is 272 g/mol. The minimum atomic E-state index is -3.42. The van der Waals surface area contributed by atoms with Gasteiger partial charge in [0.2, 0.25) is 0 Å². The highest BCUT2D eigenvalue weighted by Crippen LogP contribution is 2.30. The van der Waals surface area contributed by atoms with Crippen molar-refractivity contribution in [2.75, 3.05) is 0 Å². The van der Waals surface area contributed by atoms with E-state index >= 15 is 0 Å². The number of hydrogen-bond donors (Lipinski definition) is 1. The van der Waals surface area contributed by atoms with E-state index in [1.807, 2.05) is 12.1 Å². The van der Waals surface area contributed by atoms with Crippen LogP contribution in [0.4, 0.5) is 0 Å². The third kappa shape index (κ3) is 3.07. The first kappa shape index (κ1) is 15.5. The number of hydrogen-bond acceptors (Lipinski definition) is 3. The first-order valence-corrected chi connectivity index (χ1v) is 8.80. The van der Waals surface area contributed by atoms with Gasteiger partial charge in [-0.15, -0.1) is 0 Å². The van der Waals surface area contributed by atoms with Gasteiger partial charge in [0.05, 0.1) is 16.2 Å². The van der Waals surface area contributed by atoms with Crippen molar-refractivity contribution in [3.05, 3.63) is 29.8 Å². The lowest BCUT2D eigenvalue weighted by atomic mass is 9.87. The van der Waals surface area contributed by atoms with E-state index in [-0.39, 0.29) is 5.41 Å². The first-order chi connectivity index (χ1) is 9.23. The molecule has 0 amide bonds. The molecule has 3 nitrogen and oxygen atoms in total. The summed E-state index contributed by atoms with van der Waals surface area (Å²) >= 11 is 0. The van der Waals surface area contributed by atoms with Crippen molar-refractivity contribution in [2.24, 2.45) is 0 Å². The van der Waals surface area contributed by atoms with Crippen LogP contribution in [0.1, 0.15) is 52.0 Å². The average molecular weight is 296 g/mol. The molecule has 1 saturated carbocycles. The zero-order chi connectivity index (χ0) is 15.0. The lowest BCUT2D eigenvalue weighted by molar-refractivity contribution is 0.133. The van der Waals surface area contributed by atoms with Gasteiger partial charge in [-0.25, -0.2) is 8.42 Å². The zero-order valence-electron chi connectivity index (χ0n) is 12.5. The Morgan fingerprint density at radius 2 is 1.60 bits per heavy atom. The van der Waals surface area contributed by atoms with Crippen molar-refractivity contribution in [3.8, 4) is 0 Å². The number of aliphatic hydroxyl groups excluding tert-OH is 1. The van der Waals surface area contributed by atoms with Crippen molar-refractivity contribution in [3.63, 3.8) is 0 Å². The van der Waals surface area contributed by atoms with E-state index in [9.17, 15) is 13.5 Å². The van der Waals surface area contributed by atoms with Gasteiger partial charge in [0, 0.05) is 0 Å². The maximum atomic E-state index is 12.6. The molecule has 0 aromatic heterocycles. The molecule has 1 fully saturated rings. The molecule has 0 radical (unpaired) electrons. The molecule has 2 rings (SSSR count). The lowest BCUT2D eigenvalue weighted by Crippen LogP contribution is -2.36. The highest BCUT2D eigenvalue weighted by molar-refractivity contribution is 7.92. The topological polar surface area (TPSA) is 54.4 Å². The van der Waals surface area contributed by atoms with E-state index in [1.165, 1.54) is 0 Å². The van der Waals surface area contributed by atoms with Crippen molar-refractivity contribution in [1.29, 1.82) is 0 Å². The SMILES string of the molecule is CC(C)(C)c1ccc(S(=O)(=O)C2CCCCC2O)cc1. The summed E-state index contributed by atoms with van der Waals surface area (Å²) in [6.45, 7) is 6.30. The van der Waals surface area contributed by atoms with Crippen LogP contribution in [0.5, 0.6) is 0 Å². The molecule has 20 heavy (non-hydrogen) atoms. The van der Waals surface area contributed by atoms with Crippen molar-refractivity contribution < 1.29 is 13.5 Å². The molecule has 1 N–H and O–H groups in total. The number of aliphatic hydroxyl groups is 1. The van der Waals surface area contributed by atoms with Crippen LogP contribution in [-0.4, -0.2) is 24.9 Å². The van der Waals surface area contributed by atoms with Gasteiger partial charge < -0.3 is 5.11 Å². The average Bonchev–Trinajstić information content (AvgIpc) is 2.38. The van der Waals surface area contributed by atoms with Gasteiger partial charge in [-0.3, -0.25) is 0 Å². The molecule has 4 heteroatoms. The van der Waals surface area contributed by atoms with Crippen LogP contribution in [0.3, 0.4) is 0 Å². The molecule has 0 aliphatic heterocycles. The van der Waals surface area contributed by atoms with E-state index in [0.717, 1.165) is 18.4 Å². The third-order valence-corrected chi connectivity index (χ3v) is 6.39. The molecule has 1 aliphatic carbocycles. The highest BCUT2D eigenvalue weighted by atomic mass is 32.2. The smallest absolute Gasteiger partial charge is 0.183 e. The fourth-order valence-corrected chi connectivity index (χ4v) is 4.65. The number of rotatable bonds is 2. The molecule has 2 atom stereocenters. The quantitative estimate of drug-likeness (QED) is 0.912. The van der Waals surface area contributed by atoms with Gasteiger partial charge in [-0.2, -0.15) is 0 Å². The van der Waals surface area contributed by atoms with E-state index in [1.54, 1.807) is 12.1 Å². The van der Waals surface area contributed by atoms with Crippen LogP contribution in [0.2, 0.25) is 0 Å². The van der Waals surface area contributed by atoms with Crippen LogP contribution in [0.15, 0.2) is 29.2 Å². The van der Waals surface area contributed by atoms with Gasteiger partial charge >= 0.3 is 0 Å². The van der Waals surface area contributed by atoms with Crippen molar-refractivity contribution >= 4 is 9.84 Å². The van der Waals surface area contributed by atoms with E-state index in [4.69, 9.17) is 0 Å². The zero-order valence-corrected chi connectivity index (χ0v) is 13.3. The summed E-state index contributed by atoms with van der Waals surface area (Å²) in [4.78, 5) is 0.330. The second kappa shape index (κ2) is 5.49. The molecule has 1 aromatic carbocycles. The lowest BCUT2D eigenvalue weighted by Gasteiger charge is -2.27. The summed E-state index contributed by atoms with van der Waals surface area (Å²) in [7, 11) is -3.42. The summed E-state index contributed by atoms with van der Waals surface area (Å²) in [5, 5.41) is 9.33. The summed E-state index contributed by atoms with van der Waals surface area (Å²) in [5.74, 6) is 0. The third-order valence-electron chi connectivity index (χ3n) is 4.12. The Morgan fingerprint density at radius 1 is 1.05 bits per heavy atom. The Balaban J connectivity index is 2.30. The Labute approximate surface area is 121 Å². The monoisotopic (exact) mass is 296 g/mol. The Morgan fingerprint density at radius 3 is 2.10 bits per heavy atom. The molecule has 0 heterocycles. The largest absolute Gasteiger partial charge is 0.392 e. The van der Waals surface area contributed by atoms with Gasteiger partial charge in [0.15, 0.2) is 9.84 Å². The molecular formula is C16H24O3S. The summed E-state index contributed by atoms with van der Waals surface area (Å²) < 4.78 is 25.2. The molecule has 1 aromatic rings. The fourth-order valence-electron chi connectivity index (χ4n) is 2.76. The van der Waals surface area contributed by atoms with Crippen LogP contribution < -0.4 is 0 Å². The Bertz CT molecular complexity index is 552. The van der Waals surface area contributed by atoms with Gasteiger partial charge in [-0.05, 0) is 36.0 Å². The normalized spacial score (nSPS) is 24.6. The van der Waals surface area contributed by atoms with Crippen LogP contribution in [0.25, 0.3) is 0 Å². The molecule has 1 aliphatic rings. The minimum absolute atomic E-state index is 0.00659. The van der Waals surface area contributed by atoms with Crippen LogP contribution in [0, 0.1) is 0 Å². The standard InChI is InChI=1S/C16H24O3S/c1-16(2,3)12-8-10-13(11-9-12)20(18,19)15-7-5-4-6-14(15)17/h8-11,14-15,17H,4-7H2,1-3H3. The highest BCUT2D eigenvalue weighted by Gasteiger charge is 2.35. The molecule has 0 saturated heterocycles. The molecule has 0 spiro atoms. The summed E-state index contributed by atoms with van der Waals surface area (Å²) in [6, 6.07) is 7.11. The molecule has 112 valence electrons. The Kier molecular flexibility index (Phi) is 4.26. The van der Waals surface area contributed by atoms with Crippen molar-refractivity contribution in [1.82, 2.24) is 0 Å². The van der Waals surface area contributed by atoms with Gasteiger partial charge in [0.25, 0.3) is 0 Å². The van der Waals surface area contributed by atoms with Gasteiger partial charge in [-0.1, -0.05) is 45.7 Å². The minimum Gasteiger partial charge on any atom is -0.392 e. The first-order valence-electron chi connectivity index (χ1n) is 7.25. The predicted molar refractivity (Wildman–Crippen MR) is 80.6 cm³/mol. The van der Waals surface area contributed by atoms with Crippen LogP contribution in [-0.2, 0) is 15.3 Å². The van der Waals surface area contributed by atoms with E-state index in [0.29, 0.717) is 17.7 Å². The predicted octanol–water partition coefficient (Wildman–Crippen LogP) is 3.06.